The third-order valence-corrected chi connectivity index (χ3v) is 1.96. The van der Waals surface area contributed by atoms with E-state index in [-0.39, 0.29) is 6.04 Å². The summed E-state index contributed by atoms with van der Waals surface area (Å²) in [4.78, 5) is 0. The Bertz CT molecular complexity index is 101. The molecule has 0 amide bonds. The highest BCUT2D eigenvalue weighted by molar-refractivity contribution is 4.84. The first-order valence-corrected chi connectivity index (χ1v) is 3.55. The van der Waals surface area contributed by atoms with Crippen LogP contribution >= 0.6 is 0 Å². The molecule has 0 bridgehead atoms. The van der Waals surface area contributed by atoms with Gasteiger partial charge < -0.3 is 5.73 Å². The lowest BCUT2D eigenvalue weighted by atomic mass is 9.85. The number of hydrogen-bond acceptors (Lipinski definition) is 1. The molecule has 0 unspecified atom stereocenters. The maximum Gasteiger partial charge on any atom is 0.109 e. The summed E-state index contributed by atoms with van der Waals surface area (Å²) in [5.41, 5.74) is 4.60. The van der Waals surface area contributed by atoms with Gasteiger partial charge in [-0.3, -0.25) is 0 Å². The molecule has 0 aromatic carbocycles. The van der Waals surface area contributed by atoms with Crippen molar-refractivity contribution in [2.45, 2.75) is 44.3 Å². The molecule has 0 radical (unpaired) electrons. The van der Waals surface area contributed by atoms with Crippen LogP contribution in [0.2, 0.25) is 0 Å². The molecule has 0 saturated heterocycles. The SMILES string of the molecule is C[C@]1(F)CCC[C@H](N)C1. The molecule has 1 aliphatic carbocycles. The van der Waals surface area contributed by atoms with E-state index >= 15 is 0 Å². The first-order chi connectivity index (χ1) is 4.10. The zero-order valence-corrected chi connectivity index (χ0v) is 5.86. The van der Waals surface area contributed by atoms with Crippen LogP contribution in [0.3, 0.4) is 0 Å². The van der Waals surface area contributed by atoms with Crippen LogP contribution in [0.4, 0.5) is 4.39 Å². The Hall–Kier alpha value is -0.110. The minimum absolute atomic E-state index is 0.105. The van der Waals surface area contributed by atoms with Gasteiger partial charge in [-0.1, -0.05) is 0 Å². The lowest BCUT2D eigenvalue weighted by molar-refractivity contribution is 0.118. The van der Waals surface area contributed by atoms with Gasteiger partial charge >= 0.3 is 0 Å². The number of hydrogen-bond donors (Lipinski definition) is 1. The molecule has 1 fully saturated rings. The Morgan fingerprint density at radius 1 is 1.67 bits per heavy atom. The van der Waals surface area contributed by atoms with E-state index in [2.05, 4.69) is 0 Å². The van der Waals surface area contributed by atoms with Crippen molar-refractivity contribution in [3.8, 4) is 0 Å². The smallest absolute Gasteiger partial charge is 0.109 e. The van der Waals surface area contributed by atoms with Crippen LogP contribution < -0.4 is 5.73 Å². The molecule has 1 rings (SSSR count). The van der Waals surface area contributed by atoms with Crippen molar-refractivity contribution in [1.82, 2.24) is 0 Å². The zero-order valence-electron chi connectivity index (χ0n) is 5.86. The molecule has 0 aliphatic heterocycles. The highest BCUT2D eigenvalue weighted by Crippen LogP contribution is 2.30. The van der Waals surface area contributed by atoms with Crippen LogP contribution in [0.1, 0.15) is 32.6 Å². The van der Waals surface area contributed by atoms with Crippen LogP contribution in [-0.4, -0.2) is 11.7 Å². The van der Waals surface area contributed by atoms with Crippen molar-refractivity contribution in [1.29, 1.82) is 0 Å². The molecular formula is C7H14FN. The molecule has 0 spiro atoms. The fraction of sp³-hybridized carbons (Fsp3) is 1.00. The van der Waals surface area contributed by atoms with E-state index in [0.717, 1.165) is 12.8 Å². The van der Waals surface area contributed by atoms with Crippen LogP contribution in [0.15, 0.2) is 0 Å². The predicted octanol–water partition coefficient (Wildman–Crippen LogP) is 1.62. The maximum absolute atomic E-state index is 13.0. The van der Waals surface area contributed by atoms with Gasteiger partial charge in [0.15, 0.2) is 0 Å². The van der Waals surface area contributed by atoms with Gasteiger partial charge in [0.25, 0.3) is 0 Å². The van der Waals surface area contributed by atoms with Gasteiger partial charge in [-0.25, -0.2) is 4.39 Å². The number of halogens is 1. The van der Waals surface area contributed by atoms with Crippen molar-refractivity contribution in [2.75, 3.05) is 0 Å². The molecule has 0 aromatic heterocycles. The monoisotopic (exact) mass is 131 g/mol. The minimum atomic E-state index is -0.975. The maximum atomic E-state index is 13.0. The molecule has 0 aromatic rings. The second-order valence-corrected chi connectivity index (χ2v) is 3.27. The van der Waals surface area contributed by atoms with Crippen molar-refractivity contribution in [3.63, 3.8) is 0 Å². The molecule has 9 heavy (non-hydrogen) atoms. The van der Waals surface area contributed by atoms with Crippen LogP contribution in [0, 0.1) is 0 Å². The number of nitrogens with two attached hydrogens (primary N) is 1. The van der Waals surface area contributed by atoms with Crippen molar-refractivity contribution in [3.05, 3.63) is 0 Å². The van der Waals surface area contributed by atoms with Crippen LogP contribution in [0.5, 0.6) is 0 Å². The molecular weight excluding hydrogens is 117 g/mol. The fourth-order valence-corrected chi connectivity index (χ4v) is 1.48. The molecule has 1 saturated carbocycles. The molecule has 0 heterocycles. The third-order valence-electron chi connectivity index (χ3n) is 1.96. The quantitative estimate of drug-likeness (QED) is 0.531. The summed E-state index contributed by atoms with van der Waals surface area (Å²) < 4.78 is 13.0. The second kappa shape index (κ2) is 2.25. The Morgan fingerprint density at radius 2 is 2.33 bits per heavy atom. The Balaban J connectivity index is 2.41. The van der Waals surface area contributed by atoms with E-state index in [0.29, 0.717) is 12.8 Å². The zero-order chi connectivity index (χ0) is 6.91. The average Bonchev–Trinajstić information content (AvgIpc) is 1.60. The second-order valence-electron chi connectivity index (χ2n) is 3.27. The Kier molecular flexibility index (Phi) is 1.75. The van der Waals surface area contributed by atoms with E-state index < -0.39 is 5.67 Å². The summed E-state index contributed by atoms with van der Waals surface area (Å²) in [6.07, 6.45) is 3.20. The van der Waals surface area contributed by atoms with Crippen molar-refractivity contribution in [2.24, 2.45) is 5.73 Å². The lowest BCUT2D eigenvalue weighted by Gasteiger charge is -2.29. The van der Waals surface area contributed by atoms with Gasteiger partial charge in [0, 0.05) is 6.04 Å². The van der Waals surface area contributed by atoms with Gasteiger partial charge in [-0.05, 0) is 32.6 Å². The van der Waals surface area contributed by atoms with Crippen LogP contribution in [0.25, 0.3) is 0 Å². The molecule has 2 N–H and O–H groups in total. The van der Waals surface area contributed by atoms with E-state index in [1.807, 2.05) is 0 Å². The largest absolute Gasteiger partial charge is 0.328 e. The predicted molar refractivity (Wildman–Crippen MR) is 36.0 cm³/mol. The normalized spacial score (nSPS) is 45.0. The summed E-state index contributed by atoms with van der Waals surface area (Å²) in [5.74, 6) is 0. The Labute approximate surface area is 55.4 Å². The van der Waals surface area contributed by atoms with E-state index in [9.17, 15) is 4.39 Å². The van der Waals surface area contributed by atoms with Crippen molar-refractivity contribution >= 4 is 0 Å². The first kappa shape index (κ1) is 7.00. The van der Waals surface area contributed by atoms with Gasteiger partial charge in [0.05, 0.1) is 0 Å². The molecule has 54 valence electrons. The lowest BCUT2D eigenvalue weighted by Crippen LogP contribution is -2.35. The first-order valence-electron chi connectivity index (χ1n) is 3.55. The van der Waals surface area contributed by atoms with Gasteiger partial charge in [-0.15, -0.1) is 0 Å². The topological polar surface area (TPSA) is 26.0 Å². The molecule has 1 aliphatic rings. The summed E-state index contributed by atoms with van der Waals surface area (Å²) >= 11 is 0. The molecule has 2 atom stereocenters. The molecule has 1 nitrogen and oxygen atoms in total. The highest BCUT2D eigenvalue weighted by Gasteiger charge is 2.29. The van der Waals surface area contributed by atoms with Crippen LogP contribution in [-0.2, 0) is 0 Å². The molecule has 2 heteroatoms. The third kappa shape index (κ3) is 1.94. The number of alkyl halides is 1. The summed E-state index contributed by atoms with van der Waals surface area (Å²) in [6, 6.07) is 0.105. The van der Waals surface area contributed by atoms with Gasteiger partial charge in [-0.2, -0.15) is 0 Å². The summed E-state index contributed by atoms with van der Waals surface area (Å²) in [6.45, 7) is 1.64. The standard InChI is InChI=1S/C7H14FN/c1-7(8)4-2-3-6(9)5-7/h6H,2-5,9H2,1H3/t6-,7-/m0/s1. The highest BCUT2D eigenvalue weighted by atomic mass is 19.1. The van der Waals surface area contributed by atoms with E-state index in [1.165, 1.54) is 0 Å². The van der Waals surface area contributed by atoms with Crippen molar-refractivity contribution < 1.29 is 4.39 Å². The average molecular weight is 131 g/mol. The fourth-order valence-electron chi connectivity index (χ4n) is 1.48. The minimum Gasteiger partial charge on any atom is -0.328 e. The van der Waals surface area contributed by atoms with Gasteiger partial charge in [0.2, 0.25) is 0 Å². The van der Waals surface area contributed by atoms with Gasteiger partial charge in [0.1, 0.15) is 5.67 Å². The summed E-state index contributed by atoms with van der Waals surface area (Å²) in [7, 11) is 0. The van der Waals surface area contributed by atoms with E-state index in [1.54, 1.807) is 6.92 Å². The number of rotatable bonds is 0. The summed E-state index contributed by atoms with van der Waals surface area (Å²) in [5, 5.41) is 0. The Morgan fingerprint density at radius 3 is 2.67 bits per heavy atom. The van der Waals surface area contributed by atoms with E-state index in [4.69, 9.17) is 5.73 Å².